The Labute approximate surface area is 185 Å². The molecule has 1 aromatic rings. The van der Waals surface area contributed by atoms with Crippen molar-refractivity contribution in [3.8, 4) is 0 Å². The van der Waals surface area contributed by atoms with E-state index in [0.717, 1.165) is 18.3 Å². The average molecular weight is 492 g/mol. The highest BCUT2D eigenvalue weighted by atomic mass is 32.2. The van der Waals surface area contributed by atoms with E-state index in [1.165, 1.54) is 19.2 Å². The molecular formula is C15H20N6O9S2. The predicted octanol–water partition coefficient (Wildman–Crippen LogP) is -2.06. The molecule has 6 N–H and O–H groups in total. The summed E-state index contributed by atoms with van der Waals surface area (Å²) in [6.07, 6.45) is 0. The molecule has 2 heterocycles. The van der Waals surface area contributed by atoms with E-state index in [-0.39, 0.29) is 15.1 Å². The van der Waals surface area contributed by atoms with Gasteiger partial charge in [-0.15, -0.1) is 11.3 Å². The third kappa shape index (κ3) is 5.48. The number of hydrogen-bond donors (Lipinski definition) is 5. The summed E-state index contributed by atoms with van der Waals surface area (Å²) >= 11 is 0.944. The number of anilines is 1. The van der Waals surface area contributed by atoms with Gasteiger partial charge in [0.15, 0.2) is 10.8 Å². The lowest BCUT2D eigenvalue weighted by Gasteiger charge is -2.44. The van der Waals surface area contributed by atoms with Gasteiger partial charge in [-0.1, -0.05) is 5.16 Å². The maximum atomic E-state index is 12.8. The molecule has 32 heavy (non-hydrogen) atoms. The van der Waals surface area contributed by atoms with E-state index in [1.807, 2.05) is 0 Å². The summed E-state index contributed by atoms with van der Waals surface area (Å²) in [7, 11) is -4.96. The molecule has 0 saturated carbocycles. The van der Waals surface area contributed by atoms with Gasteiger partial charge < -0.3 is 26.3 Å². The lowest BCUT2D eigenvalue weighted by Crippen LogP contribution is -2.74. The lowest BCUT2D eigenvalue weighted by atomic mass is 9.98. The molecule has 2 rings (SSSR count). The molecule has 0 bridgehead atoms. The quantitative estimate of drug-likeness (QED) is 0.109. The normalized spacial score (nSPS) is 19.2. The molecule has 0 spiro atoms. The summed E-state index contributed by atoms with van der Waals surface area (Å²) in [5.74, 6) is -4.17. The predicted molar refractivity (Wildman–Crippen MR) is 109 cm³/mol. The minimum absolute atomic E-state index is 0.0544. The molecule has 17 heteroatoms. The molecule has 1 fully saturated rings. The van der Waals surface area contributed by atoms with Crippen molar-refractivity contribution in [2.24, 2.45) is 5.16 Å². The van der Waals surface area contributed by atoms with Crippen LogP contribution in [0.25, 0.3) is 0 Å². The summed E-state index contributed by atoms with van der Waals surface area (Å²) in [6.45, 7) is 3.09. The van der Waals surface area contributed by atoms with Crippen LogP contribution in [0.15, 0.2) is 10.5 Å². The highest BCUT2D eigenvalue weighted by Gasteiger charge is 2.54. The van der Waals surface area contributed by atoms with E-state index in [4.69, 9.17) is 15.7 Å². The number of β-lactam (4-membered cyclic amide) rings is 1. The molecule has 2 atom stereocenters. The van der Waals surface area contributed by atoms with Crippen molar-refractivity contribution < 1.29 is 42.1 Å². The van der Waals surface area contributed by atoms with E-state index in [9.17, 15) is 32.1 Å². The molecule has 2 unspecified atom stereocenters. The Morgan fingerprint density at radius 1 is 1.41 bits per heavy atom. The number of aliphatic carboxylic acids is 1. The van der Waals surface area contributed by atoms with Crippen LogP contribution in [-0.4, -0.2) is 81.0 Å². The number of nitrogen functional groups attached to an aromatic ring is 1. The van der Waals surface area contributed by atoms with E-state index >= 15 is 0 Å². The molecule has 3 amide bonds. The van der Waals surface area contributed by atoms with Crippen molar-refractivity contribution in [3.63, 3.8) is 0 Å². The largest absolute Gasteiger partial charge is 0.478 e. The Kier molecular flexibility index (Phi) is 7.06. The number of hydrogen-bond acceptors (Lipinski definition) is 11. The second kappa shape index (κ2) is 9.05. The second-order valence-electron chi connectivity index (χ2n) is 6.99. The first-order chi connectivity index (χ1) is 14.6. The number of carbonyl (C=O) groups excluding carboxylic acids is 3. The zero-order valence-electron chi connectivity index (χ0n) is 16.9. The molecule has 176 valence electrons. The minimum Gasteiger partial charge on any atom is -0.478 e. The van der Waals surface area contributed by atoms with Gasteiger partial charge >= 0.3 is 16.3 Å². The first kappa shape index (κ1) is 25.0. The Hall–Kier alpha value is -3.31. The lowest BCUT2D eigenvalue weighted by molar-refractivity contribution is -0.161. The van der Waals surface area contributed by atoms with E-state index in [0.29, 0.717) is 0 Å². The number of carbonyl (C=O) groups is 4. The van der Waals surface area contributed by atoms with E-state index < -0.39 is 63.9 Å². The summed E-state index contributed by atoms with van der Waals surface area (Å²) in [6, 6.07) is -2.80. The number of carboxylic acid groups (broad SMARTS) is 1. The minimum atomic E-state index is -4.96. The molecule has 0 aromatic carbocycles. The van der Waals surface area contributed by atoms with E-state index in [1.54, 1.807) is 0 Å². The van der Waals surface area contributed by atoms with Crippen LogP contribution in [-0.2, 0) is 34.3 Å². The zero-order chi connectivity index (χ0) is 24.4. The highest BCUT2D eigenvalue weighted by molar-refractivity contribution is 7.84. The summed E-state index contributed by atoms with van der Waals surface area (Å²) < 4.78 is 32.3. The Morgan fingerprint density at radius 2 is 2.03 bits per heavy atom. The van der Waals surface area contributed by atoms with E-state index in [2.05, 4.69) is 20.8 Å². The maximum absolute atomic E-state index is 12.8. The third-order valence-electron chi connectivity index (χ3n) is 4.12. The van der Waals surface area contributed by atoms with Gasteiger partial charge in [0.25, 0.3) is 11.8 Å². The number of thiazole rings is 1. The van der Waals surface area contributed by atoms with Crippen LogP contribution in [0.1, 0.15) is 26.5 Å². The fourth-order valence-electron chi connectivity index (χ4n) is 2.42. The topological polar surface area (TPSA) is 231 Å². The van der Waals surface area contributed by atoms with Crippen molar-refractivity contribution in [1.29, 1.82) is 0 Å². The standard InChI is InChI=1S/C15H20N6O9S2/c1-6(22)17-4-8-10(12(24)21(8)32(27,28)29)19-11(23)9(7-5-31-14(16)18-7)20-30-15(2,3)13(25)26/h5,8,10H,4H2,1-3H3,(H2,16,18)(H,17,22)(H,19,23)(H,25,26)(H,27,28,29). The van der Waals surface area contributed by atoms with Crippen LogP contribution in [0, 0.1) is 0 Å². The Morgan fingerprint density at radius 3 is 2.50 bits per heavy atom. The summed E-state index contributed by atoms with van der Waals surface area (Å²) in [5, 5.41) is 18.6. The fourth-order valence-corrected chi connectivity index (χ4v) is 3.85. The maximum Gasteiger partial charge on any atom is 0.362 e. The molecule has 15 nitrogen and oxygen atoms in total. The van der Waals surface area contributed by atoms with Gasteiger partial charge in [0.1, 0.15) is 11.7 Å². The van der Waals surface area contributed by atoms with Crippen molar-refractivity contribution in [3.05, 3.63) is 11.1 Å². The van der Waals surface area contributed by atoms with Crippen molar-refractivity contribution >= 4 is 56.2 Å². The molecular weight excluding hydrogens is 472 g/mol. The van der Waals surface area contributed by atoms with Gasteiger partial charge in [-0.3, -0.25) is 18.9 Å². The number of nitrogens with one attached hydrogen (secondary N) is 2. The van der Waals surface area contributed by atoms with Crippen LogP contribution in [0.3, 0.4) is 0 Å². The molecule has 1 aromatic heterocycles. The average Bonchev–Trinajstić information content (AvgIpc) is 3.07. The van der Waals surface area contributed by atoms with Crippen molar-refractivity contribution in [2.75, 3.05) is 12.3 Å². The van der Waals surface area contributed by atoms with Crippen LogP contribution in [0.4, 0.5) is 5.13 Å². The van der Waals surface area contributed by atoms with Crippen LogP contribution < -0.4 is 16.4 Å². The number of nitrogens with zero attached hydrogens (tertiary/aromatic N) is 3. The van der Waals surface area contributed by atoms with Crippen molar-refractivity contribution in [2.45, 2.75) is 38.5 Å². The van der Waals surface area contributed by atoms with Gasteiger partial charge in [-0.25, -0.2) is 14.1 Å². The van der Waals surface area contributed by atoms with Gasteiger partial charge in [-0.05, 0) is 13.8 Å². The SMILES string of the molecule is CC(=O)NCC1C(NC(=O)C(=NOC(C)(C)C(=O)O)c2csc(N)n2)C(=O)N1S(=O)(=O)O. The number of aromatic nitrogens is 1. The molecule has 0 radical (unpaired) electrons. The number of carboxylic acids is 1. The smallest absolute Gasteiger partial charge is 0.362 e. The number of amides is 3. The molecule has 1 aliphatic heterocycles. The monoisotopic (exact) mass is 492 g/mol. The van der Waals surface area contributed by atoms with Crippen LogP contribution in [0.5, 0.6) is 0 Å². The third-order valence-corrected chi connectivity index (χ3v) is 5.75. The number of nitrogens with two attached hydrogens (primary N) is 1. The molecule has 1 saturated heterocycles. The molecule has 1 aliphatic rings. The number of rotatable bonds is 9. The molecule has 0 aliphatic carbocycles. The van der Waals surface area contributed by atoms with Gasteiger partial charge in [-0.2, -0.15) is 8.42 Å². The van der Waals surface area contributed by atoms with Gasteiger partial charge in [0.2, 0.25) is 11.5 Å². The fraction of sp³-hybridized carbons (Fsp3) is 0.467. The zero-order valence-corrected chi connectivity index (χ0v) is 18.6. The van der Waals surface area contributed by atoms with Crippen LogP contribution >= 0.6 is 11.3 Å². The van der Waals surface area contributed by atoms with Gasteiger partial charge in [0.05, 0.1) is 6.04 Å². The van der Waals surface area contributed by atoms with Gasteiger partial charge in [0, 0.05) is 18.8 Å². The second-order valence-corrected chi connectivity index (χ2v) is 9.16. The number of oxime groups is 1. The summed E-state index contributed by atoms with van der Waals surface area (Å²) in [5.41, 5.74) is 3.10. The Balaban J connectivity index is 2.32. The Bertz CT molecular complexity index is 1080. The summed E-state index contributed by atoms with van der Waals surface area (Å²) in [4.78, 5) is 56.3. The van der Waals surface area contributed by atoms with Crippen LogP contribution in [0.2, 0.25) is 0 Å². The first-order valence-electron chi connectivity index (χ1n) is 8.72. The van der Waals surface area contributed by atoms with Crippen molar-refractivity contribution in [1.82, 2.24) is 19.9 Å². The highest BCUT2D eigenvalue weighted by Crippen LogP contribution is 2.24. The first-order valence-corrected chi connectivity index (χ1v) is 11.0.